The van der Waals surface area contributed by atoms with Crippen LogP contribution in [0.2, 0.25) is 0 Å². The third kappa shape index (κ3) is 6.71. The first kappa shape index (κ1) is 25.1. The molecule has 0 aliphatic carbocycles. The van der Waals surface area contributed by atoms with Crippen LogP contribution in [0.5, 0.6) is 11.5 Å². The molecule has 1 aliphatic heterocycles. The van der Waals surface area contributed by atoms with Crippen LogP contribution in [0.25, 0.3) is 0 Å². The number of ether oxygens (including phenoxy) is 2. The van der Waals surface area contributed by atoms with E-state index in [0.717, 1.165) is 30.4 Å². The Morgan fingerprint density at radius 1 is 1.06 bits per heavy atom. The van der Waals surface area contributed by atoms with E-state index in [4.69, 9.17) is 9.47 Å². The van der Waals surface area contributed by atoms with Crippen molar-refractivity contribution in [2.45, 2.75) is 57.5 Å². The molecule has 0 bridgehead atoms. The fourth-order valence-electron chi connectivity index (χ4n) is 3.83. The van der Waals surface area contributed by atoms with Crippen LogP contribution in [0.1, 0.15) is 43.7 Å². The second-order valence-electron chi connectivity index (χ2n) is 8.36. The van der Waals surface area contributed by atoms with E-state index in [1.54, 1.807) is 28.6 Å². The first-order chi connectivity index (χ1) is 15.8. The average molecular weight is 475 g/mol. The molecule has 180 valence electrons. The van der Waals surface area contributed by atoms with Crippen LogP contribution in [0, 0.1) is 13.8 Å². The summed E-state index contributed by atoms with van der Waals surface area (Å²) in [5, 5.41) is 2.84. The minimum absolute atomic E-state index is 0.191. The van der Waals surface area contributed by atoms with Crippen molar-refractivity contribution in [1.82, 2.24) is 9.62 Å². The number of nitrogens with one attached hydrogen (secondary N) is 1. The Kier molecular flexibility index (Phi) is 8.74. The molecular weight excluding hydrogens is 440 g/mol. The molecule has 1 atom stereocenters. The first-order valence-corrected chi connectivity index (χ1v) is 13.0. The zero-order valence-corrected chi connectivity index (χ0v) is 20.5. The number of rotatable bonds is 10. The van der Waals surface area contributed by atoms with Crippen molar-refractivity contribution in [1.29, 1.82) is 0 Å². The Balaban J connectivity index is 1.46. The van der Waals surface area contributed by atoms with Crippen molar-refractivity contribution in [3.8, 4) is 11.5 Å². The Bertz CT molecular complexity index is 1030. The van der Waals surface area contributed by atoms with Crippen molar-refractivity contribution in [2.24, 2.45) is 0 Å². The Morgan fingerprint density at radius 3 is 2.39 bits per heavy atom. The van der Waals surface area contributed by atoms with Crippen LogP contribution in [-0.2, 0) is 14.8 Å². The van der Waals surface area contributed by atoms with Crippen LogP contribution in [0.3, 0.4) is 0 Å². The van der Waals surface area contributed by atoms with E-state index < -0.39 is 16.1 Å². The number of carbonyl (C=O) groups excluding carboxylic acids is 1. The number of aryl methyl sites for hydroxylation is 2. The molecule has 7 nitrogen and oxygen atoms in total. The minimum Gasteiger partial charge on any atom is -0.492 e. The van der Waals surface area contributed by atoms with E-state index in [1.165, 1.54) is 0 Å². The van der Waals surface area contributed by atoms with Crippen LogP contribution >= 0.6 is 0 Å². The topological polar surface area (TPSA) is 84.9 Å². The van der Waals surface area contributed by atoms with E-state index in [-0.39, 0.29) is 17.4 Å². The molecule has 1 fully saturated rings. The Morgan fingerprint density at radius 2 is 1.76 bits per heavy atom. The molecule has 0 spiro atoms. The number of nitrogens with zero attached hydrogens (tertiary/aromatic N) is 1. The van der Waals surface area contributed by atoms with E-state index in [2.05, 4.69) is 5.32 Å². The van der Waals surface area contributed by atoms with Gasteiger partial charge in [0.2, 0.25) is 10.0 Å². The molecular formula is C25H34N2O5S. The van der Waals surface area contributed by atoms with Gasteiger partial charge in [0.15, 0.2) is 6.10 Å². The standard InChI is InChI=1S/C25H34N2O5S/c1-4-23(32-24-13-8-19(2)18-20(24)3)25(28)26-14-17-31-21-9-11-22(12-10-21)33(29,30)27-15-6-5-7-16-27/h8-13,18,23H,4-7,14-17H2,1-3H3,(H,26,28)/t23-/m1/s1. The summed E-state index contributed by atoms with van der Waals surface area (Å²) in [6, 6.07) is 12.3. The quantitative estimate of drug-likeness (QED) is 0.529. The lowest BCUT2D eigenvalue weighted by Gasteiger charge is -2.25. The number of benzene rings is 2. The zero-order chi connectivity index (χ0) is 23.8. The molecule has 1 amide bonds. The minimum atomic E-state index is -3.45. The lowest BCUT2D eigenvalue weighted by molar-refractivity contribution is -0.128. The maximum absolute atomic E-state index is 12.7. The van der Waals surface area contributed by atoms with Gasteiger partial charge < -0.3 is 14.8 Å². The van der Waals surface area contributed by atoms with Gasteiger partial charge in [-0.05, 0) is 69.0 Å². The number of hydrogen-bond acceptors (Lipinski definition) is 5. The molecule has 1 N–H and O–H groups in total. The maximum Gasteiger partial charge on any atom is 0.261 e. The van der Waals surface area contributed by atoms with Gasteiger partial charge in [0.25, 0.3) is 5.91 Å². The second-order valence-corrected chi connectivity index (χ2v) is 10.3. The fourth-order valence-corrected chi connectivity index (χ4v) is 5.34. The molecule has 1 saturated heterocycles. The van der Waals surface area contributed by atoms with Gasteiger partial charge in [0.05, 0.1) is 11.4 Å². The third-order valence-corrected chi connectivity index (χ3v) is 7.62. The lowest BCUT2D eigenvalue weighted by Crippen LogP contribution is -2.39. The van der Waals surface area contributed by atoms with Crippen LogP contribution in [0.4, 0.5) is 0 Å². The third-order valence-electron chi connectivity index (χ3n) is 5.71. The Hall–Kier alpha value is -2.58. The smallest absolute Gasteiger partial charge is 0.261 e. The molecule has 0 unspecified atom stereocenters. The largest absolute Gasteiger partial charge is 0.492 e. The van der Waals surface area contributed by atoms with Crippen LogP contribution in [0.15, 0.2) is 47.4 Å². The lowest BCUT2D eigenvalue weighted by atomic mass is 10.1. The maximum atomic E-state index is 12.7. The van der Waals surface area contributed by atoms with Crippen molar-refractivity contribution < 1.29 is 22.7 Å². The normalized spacial score (nSPS) is 15.6. The van der Waals surface area contributed by atoms with Gasteiger partial charge in [-0.25, -0.2) is 8.42 Å². The van der Waals surface area contributed by atoms with Gasteiger partial charge >= 0.3 is 0 Å². The van der Waals surface area contributed by atoms with Crippen LogP contribution < -0.4 is 14.8 Å². The monoisotopic (exact) mass is 474 g/mol. The number of piperidine rings is 1. The highest BCUT2D eigenvalue weighted by Gasteiger charge is 2.25. The van der Waals surface area contributed by atoms with Crippen molar-refractivity contribution >= 4 is 15.9 Å². The average Bonchev–Trinajstić information content (AvgIpc) is 2.82. The summed E-state index contributed by atoms with van der Waals surface area (Å²) in [6.07, 6.45) is 2.85. The van der Waals surface area contributed by atoms with E-state index in [9.17, 15) is 13.2 Å². The summed E-state index contributed by atoms with van der Waals surface area (Å²) >= 11 is 0. The number of carbonyl (C=O) groups is 1. The van der Waals surface area contributed by atoms with Gasteiger partial charge in [0, 0.05) is 13.1 Å². The van der Waals surface area contributed by atoms with Gasteiger partial charge in [-0.2, -0.15) is 4.31 Å². The number of hydrogen-bond donors (Lipinski definition) is 1. The molecule has 1 heterocycles. The summed E-state index contributed by atoms with van der Waals surface area (Å²) in [7, 11) is -3.45. The highest BCUT2D eigenvalue weighted by molar-refractivity contribution is 7.89. The molecule has 0 saturated carbocycles. The summed E-state index contributed by atoms with van der Waals surface area (Å²) in [6.45, 7) is 7.62. The van der Waals surface area contributed by atoms with Crippen molar-refractivity contribution in [2.75, 3.05) is 26.2 Å². The first-order valence-electron chi connectivity index (χ1n) is 11.6. The molecule has 0 radical (unpaired) electrons. The van der Waals surface area contributed by atoms with E-state index >= 15 is 0 Å². The Labute approximate surface area is 197 Å². The predicted molar refractivity (Wildman–Crippen MR) is 128 cm³/mol. The molecule has 8 heteroatoms. The molecule has 33 heavy (non-hydrogen) atoms. The SMILES string of the molecule is CC[C@@H](Oc1ccc(C)cc1C)C(=O)NCCOc1ccc(S(=O)(=O)N2CCCCC2)cc1. The van der Waals surface area contributed by atoms with Crippen molar-refractivity contribution in [3.63, 3.8) is 0 Å². The van der Waals surface area contributed by atoms with Crippen LogP contribution in [-0.4, -0.2) is 51.0 Å². The number of sulfonamides is 1. The predicted octanol–water partition coefficient (Wildman–Crippen LogP) is 3.83. The summed E-state index contributed by atoms with van der Waals surface area (Å²) in [5.74, 6) is 1.07. The van der Waals surface area contributed by atoms with Crippen molar-refractivity contribution in [3.05, 3.63) is 53.6 Å². The van der Waals surface area contributed by atoms with Gasteiger partial charge in [-0.3, -0.25) is 4.79 Å². The van der Waals surface area contributed by atoms with E-state index in [0.29, 0.717) is 37.6 Å². The summed E-state index contributed by atoms with van der Waals surface area (Å²) in [5.41, 5.74) is 2.14. The summed E-state index contributed by atoms with van der Waals surface area (Å²) < 4.78 is 38.6. The second kappa shape index (κ2) is 11.5. The molecule has 0 aromatic heterocycles. The molecule has 1 aliphatic rings. The molecule has 2 aromatic rings. The van der Waals surface area contributed by atoms with Gasteiger partial charge in [-0.15, -0.1) is 0 Å². The summed E-state index contributed by atoms with van der Waals surface area (Å²) in [4.78, 5) is 12.8. The highest BCUT2D eigenvalue weighted by Crippen LogP contribution is 2.23. The van der Waals surface area contributed by atoms with E-state index in [1.807, 2.05) is 39.0 Å². The highest BCUT2D eigenvalue weighted by atomic mass is 32.2. The van der Waals surface area contributed by atoms with Gasteiger partial charge in [0.1, 0.15) is 18.1 Å². The molecule has 2 aromatic carbocycles. The fraction of sp³-hybridized carbons (Fsp3) is 0.480. The number of amides is 1. The van der Waals surface area contributed by atoms with Gasteiger partial charge in [-0.1, -0.05) is 31.0 Å². The molecule has 3 rings (SSSR count). The zero-order valence-electron chi connectivity index (χ0n) is 19.7.